The van der Waals surface area contributed by atoms with Gasteiger partial charge in [-0.05, 0) is 25.7 Å². The van der Waals surface area contributed by atoms with Gasteiger partial charge in [-0.1, -0.05) is 32.1 Å². The quantitative estimate of drug-likeness (QED) is 0.438. The Morgan fingerprint density at radius 3 is 2.62 bits per heavy atom. The number of carbonyl (C=O) groups excluding carboxylic acids is 1. The Bertz CT molecular complexity index is 538. The highest BCUT2D eigenvalue weighted by molar-refractivity contribution is 5.96. The van der Waals surface area contributed by atoms with Crippen molar-refractivity contribution < 1.29 is 19.0 Å². The van der Waals surface area contributed by atoms with Crippen molar-refractivity contribution in [2.45, 2.75) is 51.9 Å². The third-order valence-electron chi connectivity index (χ3n) is 4.57. The van der Waals surface area contributed by atoms with Gasteiger partial charge < -0.3 is 19.9 Å². The van der Waals surface area contributed by atoms with Gasteiger partial charge in [-0.2, -0.15) is 0 Å². The monoisotopic (exact) mass is 335 g/mol. The molecule has 1 fully saturated rings. The molecule has 5 heteroatoms. The van der Waals surface area contributed by atoms with Gasteiger partial charge in [0, 0.05) is 12.1 Å². The molecule has 0 unspecified atom stereocenters. The topological polar surface area (TPSA) is 70.8 Å². The van der Waals surface area contributed by atoms with Crippen LogP contribution in [0.4, 0.5) is 5.69 Å². The lowest BCUT2D eigenvalue weighted by Gasteiger charge is -2.21. The Hall–Kier alpha value is -1.91. The molecule has 0 bridgehead atoms. The first-order valence-corrected chi connectivity index (χ1v) is 8.93. The van der Waals surface area contributed by atoms with Crippen LogP contribution in [0.5, 0.6) is 11.5 Å². The molecule has 0 heterocycles. The van der Waals surface area contributed by atoms with Gasteiger partial charge in [-0.25, -0.2) is 4.79 Å². The van der Waals surface area contributed by atoms with Crippen LogP contribution in [-0.2, 0) is 4.74 Å². The van der Waals surface area contributed by atoms with Crippen LogP contribution in [-0.4, -0.2) is 26.3 Å². The van der Waals surface area contributed by atoms with Crippen molar-refractivity contribution in [3.8, 4) is 11.5 Å². The van der Waals surface area contributed by atoms with Gasteiger partial charge in [-0.3, -0.25) is 0 Å². The number of hydrogen-bond donors (Lipinski definition) is 1. The van der Waals surface area contributed by atoms with Crippen molar-refractivity contribution in [3.63, 3.8) is 0 Å². The molecule has 1 saturated carbocycles. The summed E-state index contributed by atoms with van der Waals surface area (Å²) in [6.45, 7) is 2.69. The predicted octanol–water partition coefficient (Wildman–Crippen LogP) is 4.19. The summed E-state index contributed by atoms with van der Waals surface area (Å²) in [6.07, 6.45) is 9.05. The minimum Gasteiger partial charge on any atom is -0.493 e. The number of methoxy groups -OCH3 is 1. The molecule has 0 aromatic heterocycles. The zero-order valence-electron chi connectivity index (χ0n) is 14.8. The van der Waals surface area contributed by atoms with Crippen molar-refractivity contribution >= 4 is 11.7 Å². The van der Waals surface area contributed by atoms with E-state index in [0.717, 1.165) is 12.3 Å². The van der Waals surface area contributed by atoms with Crippen LogP contribution in [0.25, 0.3) is 0 Å². The van der Waals surface area contributed by atoms with Gasteiger partial charge >= 0.3 is 5.97 Å². The summed E-state index contributed by atoms with van der Waals surface area (Å²) in [4.78, 5) is 11.9. The maximum Gasteiger partial charge on any atom is 0.340 e. The highest BCUT2D eigenvalue weighted by atomic mass is 16.5. The SMILES string of the molecule is CCOC(=O)c1cc(OC)c(OCCCC2CCCCC2)cc1N. The summed E-state index contributed by atoms with van der Waals surface area (Å²) in [7, 11) is 1.55. The minimum atomic E-state index is -0.447. The van der Waals surface area contributed by atoms with E-state index in [1.54, 1.807) is 26.2 Å². The van der Waals surface area contributed by atoms with E-state index in [0.29, 0.717) is 36.0 Å². The van der Waals surface area contributed by atoms with Crippen molar-refractivity contribution in [2.24, 2.45) is 5.92 Å². The van der Waals surface area contributed by atoms with E-state index in [9.17, 15) is 4.79 Å². The molecule has 1 aliphatic rings. The van der Waals surface area contributed by atoms with Crippen LogP contribution in [0.2, 0.25) is 0 Å². The number of rotatable bonds is 8. The number of hydrogen-bond acceptors (Lipinski definition) is 5. The van der Waals surface area contributed by atoms with E-state index in [-0.39, 0.29) is 0 Å². The maximum absolute atomic E-state index is 11.9. The lowest BCUT2D eigenvalue weighted by atomic mass is 9.86. The maximum atomic E-state index is 11.9. The molecule has 1 aromatic carbocycles. The summed E-state index contributed by atoms with van der Waals surface area (Å²) in [5, 5.41) is 0. The molecule has 0 aliphatic heterocycles. The van der Waals surface area contributed by atoms with E-state index in [4.69, 9.17) is 19.9 Å². The number of ether oxygens (including phenoxy) is 3. The lowest BCUT2D eigenvalue weighted by Crippen LogP contribution is -2.10. The van der Waals surface area contributed by atoms with Crippen molar-refractivity contribution in [3.05, 3.63) is 17.7 Å². The standard InChI is InChI=1S/C19H29NO4/c1-3-23-19(21)15-12-17(22-2)18(13-16(15)20)24-11-7-10-14-8-5-4-6-9-14/h12-14H,3-11,20H2,1-2H3. The summed E-state index contributed by atoms with van der Waals surface area (Å²) < 4.78 is 16.2. The van der Waals surface area contributed by atoms with Crippen LogP contribution >= 0.6 is 0 Å². The first-order valence-electron chi connectivity index (χ1n) is 8.93. The fraction of sp³-hybridized carbons (Fsp3) is 0.632. The van der Waals surface area contributed by atoms with Crippen LogP contribution in [0, 0.1) is 5.92 Å². The molecular formula is C19H29NO4. The fourth-order valence-electron chi connectivity index (χ4n) is 3.26. The molecule has 0 spiro atoms. The van der Waals surface area contributed by atoms with E-state index in [1.807, 2.05) is 0 Å². The summed E-state index contributed by atoms with van der Waals surface area (Å²) in [5.74, 6) is 1.48. The van der Waals surface area contributed by atoms with Crippen LogP contribution < -0.4 is 15.2 Å². The highest BCUT2D eigenvalue weighted by Gasteiger charge is 2.17. The smallest absolute Gasteiger partial charge is 0.340 e. The number of esters is 1. The van der Waals surface area contributed by atoms with Crippen molar-refractivity contribution in [1.82, 2.24) is 0 Å². The number of nitrogens with two attached hydrogens (primary N) is 1. The first kappa shape index (κ1) is 18.4. The van der Waals surface area contributed by atoms with Gasteiger partial charge in [0.2, 0.25) is 0 Å². The molecule has 0 saturated heterocycles. The lowest BCUT2D eigenvalue weighted by molar-refractivity contribution is 0.0527. The molecule has 0 radical (unpaired) electrons. The molecule has 1 aromatic rings. The zero-order chi connectivity index (χ0) is 17.4. The second-order valence-corrected chi connectivity index (χ2v) is 6.31. The third kappa shape index (κ3) is 5.05. The molecule has 0 amide bonds. The molecule has 5 nitrogen and oxygen atoms in total. The Balaban J connectivity index is 1.91. The predicted molar refractivity (Wildman–Crippen MR) is 94.7 cm³/mol. The first-order chi connectivity index (χ1) is 11.7. The summed E-state index contributed by atoms with van der Waals surface area (Å²) in [6, 6.07) is 3.23. The Morgan fingerprint density at radius 1 is 1.21 bits per heavy atom. The average Bonchev–Trinajstić information content (AvgIpc) is 2.60. The number of nitrogen functional groups attached to an aromatic ring is 1. The average molecular weight is 335 g/mol. The van der Waals surface area contributed by atoms with Gasteiger partial charge in [0.15, 0.2) is 11.5 Å². The van der Waals surface area contributed by atoms with Gasteiger partial charge in [0.25, 0.3) is 0 Å². The molecule has 1 aliphatic carbocycles. The van der Waals surface area contributed by atoms with Crippen LogP contribution in [0.1, 0.15) is 62.2 Å². The van der Waals surface area contributed by atoms with E-state index >= 15 is 0 Å². The molecular weight excluding hydrogens is 306 g/mol. The Labute approximate surface area is 144 Å². The van der Waals surface area contributed by atoms with Gasteiger partial charge in [0.1, 0.15) is 0 Å². The third-order valence-corrected chi connectivity index (χ3v) is 4.57. The van der Waals surface area contributed by atoms with E-state index in [1.165, 1.54) is 38.5 Å². The van der Waals surface area contributed by atoms with Gasteiger partial charge in [0.05, 0.1) is 31.6 Å². The normalized spacial score (nSPS) is 15.1. The Kier molecular flexibility index (Phi) is 7.22. The highest BCUT2D eigenvalue weighted by Crippen LogP contribution is 2.33. The number of carbonyl (C=O) groups is 1. The Morgan fingerprint density at radius 2 is 1.96 bits per heavy atom. The second kappa shape index (κ2) is 9.40. The summed E-state index contributed by atoms with van der Waals surface area (Å²) >= 11 is 0. The van der Waals surface area contributed by atoms with Crippen molar-refractivity contribution in [2.75, 3.05) is 26.1 Å². The molecule has 24 heavy (non-hydrogen) atoms. The molecule has 0 atom stereocenters. The second-order valence-electron chi connectivity index (χ2n) is 6.31. The fourth-order valence-corrected chi connectivity index (χ4v) is 3.26. The zero-order valence-corrected chi connectivity index (χ0v) is 14.8. The van der Waals surface area contributed by atoms with Gasteiger partial charge in [-0.15, -0.1) is 0 Å². The summed E-state index contributed by atoms with van der Waals surface area (Å²) in [5.41, 5.74) is 6.61. The van der Waals surface area contributed by atoms with Crippen LogP contribution in [0.3, 0.4) is 0 Å². The van der Waals surface area contributed by atoms with Crippen LogP contribution in [0.15, 0.2) is 12.1 Å². The largest absolute Gasteiger partial charge is 0.493 e. The minimum absolute atomic E-state index is 0.306. The van der Waals surface area contributed by atoms with E-state index in [2.05, 4.69) is 0 Å². The number of anilines is 1. The van der Waals surface area contributed by atoms with Crippen molar-refractivity contribution in [1.29, 1.82) is 0 Å². The molecule has 2 rings (SSSR count). The van der Waals surface area contributed by atoms with E-state index < -0.39 is 5.97 Å². The molecule has 134 valence electrons. The molecule has 2 N–H and O–H groups in total. The number of benzene rings is 1.